The van der Waals surface area contributed by atoms with Crippen molar-refractivity contribution in [3.05, 3.63) is 0 Å². The number of hydrogen-bond acceptors (Lipinski definition) is 3. The van der Waals surface area contributed by atoms with E-state index in [1.165, 1.54) is 25.0 Å². The molecule has 1 amide bonds. The molecule has 3 nitrogen and oxygen atoms in total. The first-order valence-corrected chi connectivity index (χ1v) is 9.33. The van der Waals surface area contributed by atoms with Crippen molar-refractivity contribution in [1.82, 2.24) is 5.32 Å². The number of nitriles is 1. The normalized spacial score (nSPS) is 18.0. The first-order valence-electron chi connectivity index (χ1n) is 7.94. The molecule has 0 aromatic heterocycles. The molecule has 0 bridgehead atoms. The van der Waals surface area contributed by atoms with Crippen molar-refractivity contribution in [3.8, 4) is 6.07 Å². The lowest BCUT2D eigenvalue weighted by atomic mass is 9.81. The molecule has 1 aliphatic rings. The summed E-state index contributed by atoms with van der Waals surface area (Å²) in [5, 5.41) is 12.4. The second kappa shape index (κ2) is 10.1. The maximum atomic E-state index is 12.3. The van der Waals surface area contributed by atoms with E-state index < -0.39 is 5.41 Å². The van der Waals surface area contributed by atoms with Crippen molar-refractivity contribution in [1.29, 1.82) is 5.26 Å². The van der Waals surface area contributed by atoms with Crippen LogP contribution in [0.15, 0.2) is 0 Å². The van der Waals surface area contributed by atoms with E-state index in [9.17, 15) is 10.1 Å². The largest absolute Gasteiger partial charge is 0.355 e. The number of carbonyl (C=O) groups excluding carboxylic acids is 1. The van der Waals surface area contributed by atoms with Crippen LogP contribution in [0.1, 0.15) is 64.2 Å². The Hall–Kier alpha value is -0.690. The smallest absolute Gasteiger partial charge is 0.240 e. The van der Waals surface area contributed by atoms with Gasteiger partial charge in [0.25, 0.3) is 0 Å². The molecule has 1 rings (SSSR count). The number of rotatable bonds is 8. The summed E-state index contributed by atoms with van der Waals surface area (Å²) in [6, 6.07) is 2.31. The molecule has 0 spiro atoms. The van der Waals surface area contributed by atoms with Crippen LogP contribution in [-0.2, 0) is 4.79 Å². The lowest BCUT2D eigenvalue weighted by molar-refractivity contribution is -0.128. The maximum Gasteiger partial charge on any atom is 0.240 e. The molecule has 0 saturated heterocycles. The van der Waals surface area contributed by atoms with E-state index in [4.69, 9.17) is 0 Å². The van der Waals surface area contributed by atoms with Crippen molar-refractivity contribution in [2.45, 2.75) is 64.2 Å². The van der Waals surface area contributed by atoms with Gasteiger partial charge in [0, 0.05) is 6.54 Å². The predicted molar refractivity (Wildman–Crippen MR) is 85.6 cm³/mol. The zero-order valence-electron chi connectivity index (χ0n) is 12.7. The van der Waals surface area contributed by atoms with Gasteiger partial charge in [0.15, 0.2) is 0 Å². The average Bonchev–Trinajstić information content (AvgIpc) is 2.72. The summed E-state index contributed by atoms with van der Waals surface area (Å²) in [4.78, 5) is 12.3. The van der Waals surface area contributed by atoms with Gasteiger partial charge in [0.1, 0.15) is 5.41 Å². The quantitative estimate of drug-likeness (QED) is 0.546. The second-order valence-electron chi connectivity index (χ2n) is 5.77. The van der Waals surface area contributed by atoms with Crippen LogP contribution in [0.3, 0.4) is 0 Å². The van der Waals surface area contributed by atoms with E-state index in [-0.39, 0.29) is 5.91 Å². The predicted octanol–water partition coefficient (Wildman–Crippen LogP) is 3.89. The molecule has 1 aliphatic carbocycles. The molecule has 0 aliphatic heterocycles. The van der Waals surface area contributed by atoms with Crippen LogP contribution in [0.4, 0.5) is 0 Å². The van der Waals surface area contributed by atoms with Gasteiger partial charge in [-0.25, -0.2) is 0 Å². The first kappa shape index (κ1) is 17.4. The molecule has 0 heterocycles. The molecule has 20 heavy (non-hydrogen) atoms. The standard InChI is InChI=1S/C16H28N2OS/c1-20-13-9-5-4-8-12-18-15(19)16(14-17)10-6-2-3-7-11-16/h2-13H2,1H3,(H,18,19). The number of hydrogen-bond donors (Lipinski definition) is 1. The zero-order valence-corrected chi connectivity index (χ0v) is 13.6. The van der Waals surface area contributed by atoms with Gasteiger partial charge in [-0.3, -0.25) is 4.79 Å². The number of nitrogens with one attached hydrogen (secondary N) is 1. The highest BCUT2D eigenvalue weighted by molar-refractivity contribution is 7.98. The van der Waals surface area contributed by atoms with E-state index in [1.807, 2.05) is 11.8 Å². The molecule has 0 unspecified atom stereocenters. The minimum atomic E-state index is -0.741. The Kier molecular flexibility index (Phi) is 8.77. The molecular formula is C16H28N2OS. The van der Waals surface area contributed by atoms with E-state index in [2.05, 4.69) is 17.6 Å². The Bertz CT molecular complexity index is 317. The van der Waals surface area contributed by atoms with Crippen molar-refractivity contribution in [2.24, 2.45) is 5.41 Å². The number of amides is 1. The van der Waals surface area contributed by atoms with Crippen LogP contribution in [0.25, 0.3) is 0 Å². The Morgan fingerprint density at radius 1 is 1.15 bits per heavy atom. The zero-order chi connectivity index (χ0) is 14.7. The van der Waals surface area contributed by atoms with E-state index in [0.717, 1.165) is 51.5 Å². The summed E-state index contributed by atoms with van der Waals surface area (Å²) in [7, 11) is 0. The second-order valence-corrected chi connectivity index (χ2v) is 6.76. The maximum absolute atomic E-state index is 12.3. The van der Waals surface area contributed by atoms with Crippen LogP contribution >= 0.6 is 11.8 Å². The lowest BCUT2D eigenvalue weighted by Crippen LogP contribution is -2.40. The lowest BCUT2D eigenvalue weighted by Gasteiger charge is -2.23. The first-order chi connectivity index (χ1) is 9.75. The summed E-state index contributed by atoms with van der Waals surface area (Å²) in [5.41, 5.74) is -0.741. The van der Waals surface area contributed by atoms with Crippen molar-refractivity contribution in [2.75, 3.05) is 18.6 Å². The molecule has 0 aromatic rings. The van der Waals surface area contributed by atoms with Crippen molar-refractivity contribution < 1.29 is 4.79 Å². The van der Waals surface area contributed by atoms with Gasteiger partial charge < -0.3 is 5.32 Å². The van der Waals surface area contributed by atoms with Gasteiger partial charge in [0.05, 0.1) is 6.07 Å². The fourth-order valence-corrected chi connectivity index (χ4v) is 3.31. The molecular weight excluding hydrogens is 268 g/mol. The average molecular weight is 296 g/mol. The van der Waals surface area contributed by atoms with Crippen molar-refractivity contribution >= 4 is 17.7 Å². The third-order valence-electron chi connectivity index (χ3n) is 4.17. The highest BCUT2D eigenvalue weighted by Gasteiger charge is 2.38. The molecule has 0 radical (unpaired) electrons. The van der Waals surface area contributed by atoms with Crippen LogP contribution < -0.4 is 5.32 Å². The molecule has 114 valence electrons. The number of carbonyl (C=O) groups is 1. The highest BCUT2D eigenvalue weighted by atomic mass is 32.2. The fraction of sp³-hybridized carbons (Fsp3) is 0.875. The van der Waals surface area contributed by atoms with E-state index >= 15 is 0 Å². The van der Waals surface area contributed by atoms with Gasteiger partial charge in [0.2, 0.25) is 5.91 Å². The van der Waals surface area contributed by atoms with Gasteiger partial charge in [-0.05, 0) is 37.7 Å². The minimum Gasteiger partial charge on any atom is -0.355 e. The summed E-state index contributed by atoms with van der Waals surface area (Å²) < 4.78 is 0. The SMILES string of the molecule is CSCCCCCCNC(=O)C1(C#N)CCCCCC1. The topological polar surface area (TPSA) is 52.9 Å². The highest BCUT2D eigenvalue weighted by Crippen LogP contribution is 2.34. The van der Waals surface area contributed by atoms with Crippen LogP contribution in [-0.4, -0.2) is 24.5 Å². The molecule has 4 heteroatoms. The molecule has 1 fully saturated rings. The molecule has 1 N–H and O–H groups in total. The number of thioether (sulfide) groups is 1. The number of nitrogens with zero attached hydrogens (tertiary/aromatic N) is 1. The molecule has 1 saturated carbocycles. The van der Waals surface area contributed by atoms with Gasteiger partial charge >= 0.3 is 0 Å². The van der Waals surface area contributed by atoms with Crippen LogP contribution in [0.2, 0.25) is 0 Å². The van der Waals surface area contributed by atoms with Gasteiger partial charge in [-0.1, -0.05) is 38.5 Å². The van der Waals surface area contributed by atoms with E-state index in [0.29, 0.717) is 0 Å². The van der Waals surface area contributed by atoms with Crippen LogP contribution in [0.5, 0.6) is 0 Å². The summed E-state index contributed by atoms with van der Waals surface area (Å²) in [6.45, 7) is 0.724. The summed E-state index contributed by atoms with van der Waals surface area (Å²) in [6.07, 6.45) is 12.6. The third-order valence-corrected chi connectivity index (χ3v) is 4.86. The monoisotopic (exact) mass is 296 g/mol. The summed E-state index contributed by atoms with van der Waals surface area (Å²) >= 11 is 1.89. The molecule has 0 aromatic carbocycles. The number of unbranched alkanes of at least 4 members (excludes halogenated alkanes) is 3. The minimum absolute atomic E-state index is 0.0222. The van der Waals surface area contributed by atoms with Gasteiger partial charge in [-0.2, -0.15) is 17.0 Å². The fourth-order valence-electron chi connectivity index (χ4n) is 2.82. The van der Waals surface area contributed by atoms with Crippen LogP contribution in [0, 0.1) is 16.7 Å². The molecule has 0 atom stereocenters. The third kappa shape index (κ3) is 5.75. The van der Waals surface area contributed by atoms with Gasteiger partial charge in [-0.15, -0.1) is 0 Å². The van der Waals surface area contributed by atoms with Crippen molar-refractivity contribution in [3.63, 3.8) is 0 Å². The Labute approximate surface area is 127 Å². The Morgan fingerprint density at radius 3 is 2.40 bits per heavy atom. The Balaban J connectivity index is 2.24. The Morgan fingerprint density at radius 2 is 1.80 bits per heavy atom. The van der Waals surface area contributed by atoms with E-state index in [1.54, 1.807) is 0 Å². The summed E-state index contributed by atoms with van der Waals surface area (Å²) in [5.74, 6) is 1.20.